The summed E-state index contributed by atoms with van der Waals surface area (Å²) in [6, 6.07) is 8.34. The standard InChI is InChI=1S/C13H13ClN4/c14-17-8-5-12(6-9-17)11-1-3-13(4-2-11)18-10-7-15-16-18/h1-5,7,10H,6,8-9H2. The first-order valence-corrected chi connectivity index (χ1v) is 6.23. The minimum atomic E-state index is 0.807. The molecule has 0 bridgehead atoms. The van der Waals surface area contributed by atoms with Gasteiger partial charge in [0.05, 0.1) is 18.1 Å². The Labute approximate surface area is 111 Å². The zero-order valence-electron chi connectivity index (χ0n) is 9.83. The number of hydrogen-bond donors (Lipinski definition) is 0. The Morgan fingerprint density at radius 1 is 1.17 bits per heavy atom. The SMILES string of the molecule is ClN1CC=C(c2ccc(-n3ccnn3)cc2)CC1. The lowest BCUT2D eigenvalue weighted by molar-refractivity contribution is 0.499. The van der Waals surface area contributed by atoms with Crippen molar-refractivity contribution in [2.24, 2.45) is 0 Å². The first-order chi connectivity index (χ1) is 8.83. The molecule has 0 saturated heterocycles. The van der Waals surface area contributed by atoms with Crippen molar-refractivity contribution < 1.29 is 0 Å². The van der Waals surface area contributed by atoms with Gasteiger partial charge in [0.2, 0.25) is 0 Å². The number of nitrogens with zero attached hydrogens (tertiary/aromatic N) is 4. The highest BCUT2D eigenvalue weighted by Gasteiger charge is 2.10. The van der Waals surface area contributed by atoms with Crippen LogP contribution in [0.2, 0.25) is 0 Å². The molecule has 1 aliphatic rings. The summed E-state index contributed by atoms with van der Waals surface area (Å²) in [4.78, 5) is 0. The third-order valence-corrected chi connectivity index (χ3v) is 3.39. The number of rotatable bonds is 2. The van der Waals surface area contributed by atoms with E-state index in [4.69, 9.17) is 11.8 Å². The lowest BCUT2D eigenvalue weighted by Crippen LogP contribution is -2.18. The van der Waals surface area contributed by atoms with Crippen LogP contribution in [0.4, 0.5) is 0 Å². The highest BCUT2D eigenvalue weighted by Crippen LogP contribution is 2.23. The van der Waals surface area contributed by atoms with Crippen molar-refractivity contribution >= 4 is 17.3 Å². The highest BCUT2D eigenvalue weighted by atomic mass is 35.5. The quantitative estimate of drug-likeness (QED) is 0.778. The molecule has 92 valence electrons. The Morgan fingerprint density at radius 2 is 2.00 bits per heavy atom. The van der Waals surface area contributed by atoms with Crippen molar-refractivity contribution in [3.63, 3.8) is 0 Å². The molecule has 0 fully saturated rings. The largest absolute Gasteiger partial charge is 0.221 e. The molecule has 1 aliphatic heterocycles. The minimum Gasteiger partial charge on any atom is -0.221 e. The maximum absolute atomic E-state index is 5.93. The molecular formula is C13H13ClN4. The van der Waals surface area contributed by atoms with E-state index in [1.54, 1.807) is 15.3 Å². The lowest BCUT2D eigenvalue weighted by atomic mass is 10.0. The summed E-state index contributed by atoms with van der Waals surface area (Å²) >= 11 is 5.93. The summed E-state index contributed by atoms with van der Waals surface area (Å²) in [6.45, 7) is 1.71. The molecule has 2 heterocycles. The van der Waals surface area contributed by atoms with Crippen LogP contribution in [0.15, 0.2) is 42.7 Å². The van der Waals surface area contributed by atoms with Gasteiger partial charge in [-0.05, 0) is 41.5 Å². The van der Waals surface area contributed by atoms with Crippen LogP contribution < -0.4 is 0 Å². The van der Waals surface area contributed by atoms with Gasteiger partial charge in [0.1, 0.15) is 0 Å². The molecule has 0 atom stereocenters. The molecule has 1 aromatic heterocycles. The molecule has 0 spiro atoms. The van der Waals surface area contributed by atoms with E-state index < -0.39 is 0 Å². The van der Waals surface area contributed by atoms with E-state index in [1.807, 2.05) is 6.20 Å². The number of aromatic nitrogens is 3. The van der Waals surface area contributed by atoms with Gasteiger partial charge < -0.3 is 0 Å². The topological polar surface area (TPSA) is 34.0 Å². The normalized spacial score (nSPS) is 16.6. The van der Waals surface area contributed by atoms with E-state index in [0.717, 1.165) is 25.2 Å². The summed E-state index contributed by atoms with van der Waals surface area (Å²) < 4.78 is 3.55. The average Bonchev–Trinajstić information content (AvgIpc) is 2.94. The van der Waals surface area contributed by atoms with Crippen LogP contribution in [0, 0.1) is 0 Å². The molecule has 0 saturated carbocycles. The van der Waals surface area contributed by atoms with Gasteiger partial charge >= 0.3 is 0 Å². The second kappa shape index (κ2) is 4.92. The molecule has 0 unspecified atom stereocenters. The first kappa shape index (κ1) is 11.4. The molecule has 4 nitrogen and oxygen atoms in total. The molecular weight excluding hydrogens is 248 g/mol. The van der Waals surface area contributed by atoms with E-state index in [9.17, 15) is 0 Å². The Kier molecular flexibility index (Phi) is 3.13. The summed E-state index contributed by atoms with van der Waals surface area (Å²) in [5, 5.41) is 7.77. The van der Waals surface area contributed by atoms with Crippen molar-refractivity contribution in [3.8, 4) is 5.69 Å². The molecule has 0 N–H and O–H groups in total. The van der Waals surface area contributed by atoms with E-state index in [-0.39, 0.29) is 0 Å². The lowest BCUT2D eigenvalue weighted by Gasteiger charge is -2.19. The van der Waals surface area contributed by atoms with Gasteiger partial charge in [0.25, 0.3) is 0 Å². The van der Waals surface area contributed by atoms with E-state index in [1.165, 1.54) is 11.1 Å². The predicted molar refractivity (Wildman–Crippen MR) is 71.4 cm³/mol. The van der Waals surface area contributed by atoms with Gasteiger partial charge in [0.15, 0.2) is 0 Å². The third-order valence-electron chi connectivity index (χ3n) is 3.08. The third kappa shape index (κ3) is 2.30. The maximum atomic E-state index is 5.93. The zero-order chi connectivity index (χ0) is 12.4. The van der Waals surface area contributed by atoms with Crippen molar-refractivity contribution in [1.82, 2.24) is 19.4 Å². The monoisotopic (exact) mass is 260 g/mol. The van der Waals surface area contributed by atoms with Crippen LogP contribution in [0.1, 0.15) is 12.0 Å². The zero-order valence-corrected chi connectivity index (χ0v) is 10.6. The van der Waals surface area contributed by atoms with Gasteiger partial charge in [-0.2, -0.15) is 0 Å². The fourth-order valence-electron chi connectivity index (χ4n) is 2.08. The van der Waals surface area contributed by atoms with Crippen molar-refractivity contribution in [2.75, 3.05) is 13.1 Å². The van der Waals surface area contributed by atoms with E-state index in [2.05, 4.69) is 40.7 Å². The van der Waals surface area contributed by atoms with Crippen LogP contribution in [-0.4, -0.2) is 32.5 Å². The van der Waals surface area contributed by atoms with Gasteiger partial charge in [0, 0.05) is 13.1 Å². The van der Waals surface area contributed by atoms with Crippen LogP contribution in [-0.2, 0) is 0 Å². The van der Waals surface area contributed by atoms with Crippen LogP contribution >= 0.6 is 11.8 Å². The maximum Gasteiger partial charge on any atom is 0.0697 e. The Balaban J connectivity index is 1.83. The Morgan fingerprint density at radius 3 is 2.61 bits per heavy atom. The van der Waals surface area contributed by atoms with Gasteiger partial charge in [-0.25, -0.2) is 9.10 Å². The Bertz CT molecular complexity index is 545. The van der Waals surface area contributed by atoms with Gasteiger partial charge in [-0.3, -0.25) is 0 Å². The molecule has 0 aliphatic carbocycles. The molecule has 3 rings (SSSR count). The predicted octanol–water partition coefficient (Wildman–Crippen LogP) is 2.51. The molecule has 18 heavy (non-hydrogen) atoms. The van der Waals surface area contributed by atoms with Crippen molar-refractivity contribution in [1.29, 1.82) is 0 Å². The van der Waals surface area contributed by atoms with E-state index in [0.29, 0.717) is 0 Å². The molecule has 2 aromatic rings. The van der Waals surface area contributed by atoms with Crippen LogP contribution in [0.3, 0.4) is 0 Å². The smallest absolute Gasteiger partial charge is 0.0697 e. The number of benzene rings is 1. The molecule has 5 heteroatoms. The summed E-state index contributed by atoms with van der Waals surface area (Å²) in [5.41, 5.74) is 3.63. The molecule has 0 amide bonds. The van der Waals surface area contributed by atoms with Gasteiger partial charge in [-0.1, -0.05) is 23.4 Å². The molecule has 0 radical (unpaired) electrons. The van der Waals surface area contributed by atoms with Crippen molar-refractivity contribution in [3.05, 3.63) is 48.3 Å². The molecule has 1 aromatic carbocycles. The second-order valence-electron chi connectivity index (χ2n) is 4.24. The first-order valence-electron chi connectivity index (χ1n) is 5.90. The fourth-order valence-corrected chi connectivity index (χ4v) is 2.23. The Hall–Kier alpha value is -1.65. The second-order valence-corrected chi connectivity index (χ2v) is 4.72. The number of halogens is 1. The number of hydrogen-bond acceptors (Lipinski definition) is 3. The summed E-state index contributed by atoms with van der Waals surface area (Å²) in [7, 11) is 0. The fraction of sp³-hybridized carbons (Fsp3) is 0.231. The van der Waals surface area contributed by atoms with Crippen LogP contribution in [0.25, 0.3) is 11.3 Å². The van der Waals surface area contributed by atoms with Crippen LogP contribution in [0.5, 0.6) is 0 Å². The van der Waals surface area contributed by atoms with Crippen molar-refractivity contribution in [2.45, 2.75) is 6.42 Å². The van der Waals surface area contributed by atoms with Gasteiger partial charge in [-0.15, -0.1) is 5.10 Å². The summed E-state index contributed by atoms with van der Waals surface area (Å²) in [5.74, 6) is 0. The van der Waals surface area contributed by atoms with E-state index >= 15 is 0 Å². The summed E-state index contributed by atoms with van der Waals surface area (Å²) in [6.07, 6.45) is 6.68. The highest BCUT2D eigenvalue weighted by molar-refractivity contribution is 6.13. The minimum absolute atomic E-state index is 0.807. The average molecular weight is 261 g/mol.